The van der Waals surface area contributed by atoms with E-state index in [1.807, 2.05) is 13.8 Å². The van der Waals surface area contributed by atoms with Crippen molar-refractivity contribution in [2.24, 2.45) is 5.92 Å². The van der Waals surface area contributed by atoms with Gasteiger partial charge in [0.1, 0.15) is 5.78 Å². The molecule has 1 amide bonds. The molecule has 3 nitrogen and oxygen atoms in total. The molecule has 3 heteroatoms. The van der Waals surface area contributed by atoms with Crippen LogP contribution in [0.4, 0.5) is 0 Å². The SMILES string of the molecule is C=C=CC(=O)NCCC(=O)C(C)C. The van der Waals surface area contributed by atoms with Gasteiger partial charge in [-0.25, -0.2) is 0 Å². The van der Waals surface area contributed by atoms with Crippen molar-refractivity contribution in [3.8, 4) is 0 Å². The first-order chi connectivity index (χ1) is 6.07. The molecule has 0 aliphatic heterocycles. The first-order valence-electron chi connectivity index (χ1n) is 4.24. The standard InChI is InChI=1S/C10H15NO2/c1-4-5-10(13)11-7-6-9(12)8(2)3/h5,8H,1,6-7H2,2-3H3,(H,11,13). The van der Waals surface area contributed by atoms with Gasteiger partial charge in [-0.05, 0) is 0 Å². The molecule has 0 rings (SSSR count). The van der Waals surface area contributed by atoms with Crippen LogP contribution in [0.15, 0.2) is 18.4 Å². The normalized spacial score (nSPS) is 9.15. The summed E-state index contributed by atoms with van der Waals surface area (Å²) in [4.78, 5) is 21.9. The van der Waals surface area contributed by atoms with Gasteiger partial charge in [0.25, 0.3) is 5.91 Å². The molecule has 1 N–H and O–H groups in total. The Morgan fingerprint density at radius 2 is 2.15 bits per heavy atom. The van der Waals surface area contributed by atoms with Gasteiger partial charge in [0.05, 0.1) is 0 Å². The van der Waals surface area contributed by atoms with Crippen molar-refractivity contribution < 1.29 is 9.59 Å². The van der Waals surface area contributed by atoms with Gasteiger partial charge in [0.2, 0.25) is 0 Å². The van der Waals surface area contributed by atoms with Crippen LogP contribution in [0.5, 0.6) is 0 Å². The predicted octanol–water partition coefficient (Wildman–Crippen LogP) is 1.06. The van der Waals surface area contributed by atoms with E-state index in [4.69, 9.17) is 0 Å². The second-order valence-electron chi connectivity index (χ2n) is 3.01. The minimum Gasteiger partial charge on any atom is -0.352 e. The summed E-state index contributed by atoms with van der Waals surface area (Å²) in [6, 6.07) is 0. The van der Waals surface area contributed by atoms with Crippen molar-refractivity contribution in [2.75, 3.05) is 6.54 Å². The smallest absolute Gasteiger partial charge is 0.251 e. The number of carbonyl (C=O) groups excluding carboxylic acids is 2. The van der Waals surface area contributed by atoms with E-state index in [1.165, 1.54) is 6.08 Å². The number of hydrogen-bond acceptors (Lipinski definition) is 2. The Morgan fingerprint density at radius 3 is 2.62 bits per heavy atom. The average molecular weight is 181 g/mol. The van der Waals surface area contributed by atoms with Crippen LogP contribution in [0.25, 0.3) is 0 Å². The minimum absolute atomic E-state index is 0.0341. The van der Waals surface area contributed by atoms with Gasteiger partial charge in [-0.15, -0.1) is 5.73 Å². The third-order valence-corrected chi connectivity index (χ3v) is 1.55. The third kappa shape index (κ3) is 5.88. The Hall–Kier alpha value is -1.34. The first kappa shape index (κ1) is 11.7. The van der Waals surface area contributed by atoms with Crippen LogP contribution in [-0.2, 0) is 9.59 Å². The molecule has 0 aromatic rings. The van der Waals surface area contributed by atoms with Crippen molar-refractivity contribution in [3.05, 3.63) is 18.4 Å². The third-order valence-electron chi connectivity index (χ3n) is 1.55. The van der Waals surface area contributed by atoms with Crippen LogP contribution < -0.4 is 5.32 Å². The lowest BCUT2D eigenvalue weighted by molar-refractivity contribution is -0.122. The zero-order valence-corrected chi connectivity index (χ0v) is 8.09. The van der Waals surface area contributed by atoms with Crippen LogP contribution in [0.2, 0.25) is 0 Å². The van der Waals surface area contributed by atoms with E-state index in [0.717, 1.165) is 0 Å². The van der Waals surface area contributed by atoms with Gasteiger partial charge >= 0.3 is 0 Å². The van der Waals surface area contributed by atoms with Crippen LogP contribution in [0.1, 0.15) is 20.3 Å². The monoisotopic (exact) mass is 181 g/mol. The molecule has 0 radical (unpaired) electrons. The first-order valence-corrected chi connectivity index (χ1v) is 4.24. The van der Waals surface area contributed by atoms with Gasteiger partial charge < -0.3 is 5.32 Å². The van der Waals surface area contributed by atoms with Gasteiger partial charge in [-0.1, -0.05) is 20.4 Å². The lowest BCUT2D eigenvalue weighted by Crippen LogP contribution is -2.25. The molecule has 0 bridgehead atoms. The van der Waals surface area contributed by atoms with Gasteiger partial charge in [0, 0.05) is 25.0 Å². The summed E-state index contributed by atoms with van der Waals surface area (Å²) in [7, 11) is 0. The molecule has 0 aromatic carbocycles. The fourth-order valence-electron chi connectivity index (χ4n) is 0.741. The summed E-state index contributed by atoms with van der Waals surface area (Å²) < 4.78 is 0. The van der Waals surface area contributed by atoms with Gasteiger partial charge in [-0.3, -0.25) is 9.59 Å². The number of Topliss-reactive ketones (excluding diaryl/α,β-unsaturated/α-hetero) is 1. The van der Waals surface area contributed by atoms with Crippen LogP contribution in [0.3, 0.4) is 0 Å². The summed E-state index contributed by atoms with van der Waals surface area (Å²) in [5.74, 6) is -0.0683. The molecule has 0 aromatic heterocycles. The second-order valence-corrected chi connectivity index (χ2v) is 3.01. The van der Waals surface area contributed by atoms with Crippen molar-refractivity contribution in [1.82, 2.24) is 5.32 Å². The fourth-order valence-corrected chi connectivity index (χ4v) is 0.741. The fraction of sp³-hybridized carbons (Fsp3) is 0.500. The molecule has 0 spiro atoms. The molecule has 0 atom stereocenters. The number of rotatable bonds is 5. The van der Waals surface area contributed by atoms with E-state index in [1.54, 1.807) is 0 Å². The van der Waals surface area contributed by atoms with Crippen molar-refractivity contribution in [2.45, 2.75) is 20.3 Å². The molecule has 0 aliphatic carbocycles. The molecule has 72 valence electrons. The molecule has 0 fully saturated rings. The van der Waals surface area contributed by atoms with Crippen molar-refractivity contribution in [1.29, 1.82) is 0 Å². The summed E-state index contributed by atoms with van der Waals surface area (Å²) in [6.07, 6.45) is 1.59. The summed E-state index contributed by atoms with van der Waals surface area (Å²) in [6.45, 7) is 7.33. The number of carbonyl (C=O) groups is 2. The van der Waals surface area contributed by atoms with Crippen LogP contribution >= 0.6 is 0 Å². The highest BCUT2D eigenvalue weighted by Crippen LogP contribution is 1.96. The van der Waals surface area contributed by atoms with E-state index in [9.17, 15) is 9.59 Å². The summed E-state index contributed by atoms with van der Waals surface area (Å²) in [5, 5.41) is 2.55. The van der Waals surface area contributed by atoms with E-state index in [-0.39, 0.29) is 17.6 Å². The maximum atomic E-state index is 11.1. The van der Waals surface area contributed by atoms with Gasteiger partial charge in [0.15, 0.2) is 0 Å². The highest BCUT2D eigenvalue weighted by molar-refractivity contribution is 5.88. The van der Waals surface area contributed by atoms with Crippen LogP contribution in [0, 0.1) is 5.92 Å². The molecule has 13 heavy (non-hydrogen) atoms. The summed E-state index contributed by atoms with van der Waals surface area (Å²) >= 11 is 0. The largest absolute Gasteiger partial charge is 0.352 e. The zero-order valence-electron chi connectivity index (χ0n) is 8.09. The summed E-state index contributed by atoms with van der Waals surface area (Å²) in [5.41, 5.74) is 2.36. The Bertz CT molecular complexity index is 237. The lowest BCUT2D eigenvalue weighted by atomic mass is 10.1. The van der Waals surface area contributed by atoms with E-state index in [2.05, 4.69) is 17.6 Å². The van der Waals surface area contributed by atoms with Gasteiger partial charge in [-0.2, -0.15) is 0 Å². The predicted molar refractivity (Wildman–Crippen MR) is 51.2 cm³/mol. The van der Waals surface area contributed by atoms with E-state index >= 15 is 0 Å². The van der Waals surface area contributed by atoms with E-state index in [0.29, 0.717) is 13.0 Å². The highest BCUT2D eigenvalue weighted by atomic mass is 16.1. The zero-order chi connectivity index (χ0) is 10.3. The number of amides is 1. The quantitative estimate of drug-likeness (QED) is 0.509. The topological polar surface area (TPSA) is 46.2 Å². The van der Waals surface area contributed by atoms with Crippen molar-refractivity contribution >= 4 is 11.7 Å². The highest BCUT2D eigenvalue weighted by Gasteiger charge is 2.06. The molecular weight excluding hydrogens is 166 g/mol. The molecular formula is C10H15NO2. The average Bonchev–Trinajstić information content (AvgIpc) is 2.04. The maximum absolute atomic E-state index is 11.1. The Labute approximate surface area is 78.5 Å². The molecule has 0 aliphatic rings. The number of ketones is 1. The Morgan fingerprint density at radius 1 is 1.54 bits per heavy atom. The van der Waals surface area contributed by atoms with Crippen molar-refractivity contribution in [3.63, 3.8) is 0 Å². The number of hydrogen-bond donors (Lipinski definition) is 1. The van der Waals surface area contributed by atoms with E-state index < -0.39 is 0 Å². The lowest BCUT2D eigenvalue weighted by Gasteiger charge is -2.03. The molecule has 0 saturated carbocycles. The second kappa shape index (κ2) is 6.21. The Balaban J connectivity index is 3.62. The number of nitrogens with one attached hydrogen (secondary N) is 1. The molecule has 0 heterocycles. The minimum atomic E-state index is -0.258. The Kier molecular flexibility index (Phi) is 5.57. The molecule has 0 unspecified atom stereocenters. The van der Waals surface area contributed by atoms with Crippen LogP contribution in [-0.4, -0.2) is 18.2 Å². The maximum Gasteiger partial charge on any atom is 0.251 e. The molecule has 0 saturated heterocycles.